The van der Waals surface area contributed by atoms with E-state index >= 15 is 0 Å². The van der Waals surface area contributed by atoms with Gasteiger partial charge in [-0.25, -0.2) is 9.18 Å². The zero-order valence-corrected chi connectivity index (χ0v) is 10.6. The first-order valence-electron chi connectivity index (χ1n) is 6.03. The lowest BCUT2D eigenvalue weighted by atomic mass is 10.2. The third-order valence-corrected chi connectivity index (χ3v) is 2.89. The van der Waals surface area contributed by atoms with Crippen LogP contribution in [0.15, 0.2) is 23.4 Å². The van der Waals surface area contributed by atoms with Gasteiger partial charge >= 0.3 is 6.03 Å². The van der Waals surface area contributed by atoms with Crippen LogP contribution in [-0.2, 0) is 4.74 Å². The quantitative estimate of drug-likeness (QED) is 0.285. The lowest BCUT2D eigenvalue weighted by molar-refractivity contribution is 0.189. The molecule has 1 heterocycles. The van der Waals surface area contributed by atoms with Crippen molar-refractivity contribution in [3.8, 4) is 0 Å². The number of hydrogen-bond acceptors (Lipinski definition) is 4. The standard InChI is InChI=1S/C12H15FN4O3/c13-9-5-7(11(14)17-19)1-2-10(9)16-12(18)15-8-3-4-20-6-8/h1-2,5,8,19H,3-4,6H2,(H2,14,17)(H2,15,16,18). The van der Waals surface area contributed by atoms with Crippen LogP contribution in [0.5, 0.6) is 0 Å². The minimum atomic E-state index is -0.674. The van der Waals surface area contributed by atoms with Crippen LogP contribution < -0.4 is 16.4 Å². The number of carbonyl (C=O) groups is 1. The van der Waals surface area contributed by atoms with E-state index in [2.05, 4.69) is 15.8 Å². The topological polar surface area (TPSA) is 109 Å². The van der Waals surface area contributed by atoms with Gasteiger partial charge in [0.25, 0.3) is 0 Å². The van der Waals surface area contributed by atoms with E-state index in [0.29, 0.717) is 13.2 Å². The fourth-order valence-corrected chi connectivity index (χ4v) is 1.83. The van der Waals surface area contributed by atoms with Crippen LogP contribution in [0, 0.1) is 5.82 Å². The first kappa shape index (κ1) is 14.1. The number of benzene rings is 1. The van der Waals surface area contributed by atoms with E-state index < -0.39 is 11.8 Å². The summed E-state index contributed by atoms with van der Waals surface area (Å²) in [4.78, 5) is 11.7. The van der Waals surface area contributed by atoms with Gasteiger partial charge in [0.2, 0.25) is 0 Å². The summed E-state index contributed by atoms with van der Waals surface area (Å²) in [5.41, 5.74) is 5.58. The fraction of sp³-hybridized carbons (Fsp3) is 0.333. The number of nitrogens with one attached hydrogen (secondary N) is 2. The smallest absolute Gasteiger partial charge is 0.319 e. The Kier molecular flexibility index (Phi) is 4.36. The second-order valence-electron chi connectivity index (χ2n) is 4.34. The van der Waals surface area contributed by atoms with E-state index in [9.17, 15) is 9.18 Å². The van der Waals surface area contributed by atoms with Gasteiger partial charge in [-0.05, 0) is 24.6 Å². The summed E-state index contributed by atoms with van der Waals surface area (Å²) < 4.78 is 18.9. The molecule has 108 valence electrons. The third kappa shape index (κ3) is 3.35. The highest BCUT2D eigenvalue weighted by atomic mass is 19.1. The van der Waals surface area contributed by atoms with Gasteiger partial charge < -0.3 is 26.3 Å². The van der Waals surface area contributed by atoms with Crippen molar-refractivity contribution in [3.63, 3.8) is 0 Å². The molecule has 0 aliphatic carbocycles. The number of amides is 2. The van der Waals surface area contributed by atoms with Crippen LogP contribution in [0.25, 0.3) is 0 Å². The fourth-order valence-electron chi connectivity index (χ4n) is 1.83. The molecular formula is C12H15FN4O3. The van der Waals surface area contributed by atoms with Crippen molar-refractivity contribution in [3.05, 3.63) is 29.6 Å². The normalized spacial score (nSPS) is 18.9. The van der Waals surface area contributed by atoms with Crippen LogP contribution in [0.2, 0.25) is 0 Å². The van der Waals surface area contributed by atoms with Crippen LogP contribution in [0.3, 0.4) is 0 Å². The SMILES string of the molecule is N/C(=N/O)c1ccc(NC(=O)NC2CCOC2)c(F)c1. The van der Waals surface area contributed by atoms with E-state index in [1.807, 2.05) is 0 Å². The molecule has 2 rings (SSSR count). The van der Waals surface area contributed by atoms with Gasteiger partial charge in [0.15, 0.2) is 5.84 Å². The van der Waals surface area contributed by atoms with Crippen molar-refractivity contribution in [2.75, 3.05) is 18.5 Å². The zero-order chi connectivity index (χ0) is 14.5. The molecule has 1 aromatic rings. The predicted molar refractivity (Wildman–Crippen MR) is 70.3 cm³/mol. The highest BCUT2D eigenvalue weighted by molar-refractivity contribution is 5.98. The molecule has 20 heavy (non-hydrogen) atoms. The number of carbonyl (C=O) groups excluding carboxylic acids is 1. The van der Waals surface area contributed by atoms with Gasteiger partial charge in [-0.2, -0.15) is 0 Å². The number of urea groups is 1. The average Bonchev–Trinajstić information content (AvgIpc) is 2.93. The van der Waals surface area contributed by atoms with Crippen molar-refractivity contribution in [2.24, 2.45) is 10.9 Å². The molecule has 0 aromatic heterocycles. The van der Waals surface area contributed by atoms with Crippen LogP contribution in [-0.4, -0.2) is 36.3 Å². The Labute approximate surface area is 114 Å². The van der Waals surface area contributed by atoms with Crippen LogP contribution in [0.1, 0.15) is 12.0 Å². The van der Waals surface area contributed by atoms with Crippen molar-refractivity contribution in [1.82, 2.24) is 5.32 Å². The lowest BCUT2D eigenvalue weighted by Gasteiger charge is -2.12. The van der Waals surface area contributed by atoms with E-state index in [4.69, 9.17) is 15.7 Å². The Morgan fingerprint density at radius 1 is 1.55 bits per heavy atom. The van der Waals surface area contributed by atoms with E-state index in [0.717, 1.165) is 12.5 Å². The number of nitrogens with zero attached hydrogens (tertiary/aromatic N) is 1. The highest BCUT2D eigenvalue weighted by Gasteiger charge is 2.18. The molecule has 5 N–H and O–H groups in total. The summed E-state index contributed by atoms with van der Waals surface area (Å²) in [7, 11) is 0. The van der Waals surface area contributed by atoms with Gasteiger partial charge in [-0.3, -0.25) is 0 Å². The molecule has 2 amide bonds. The molecule has 1 unspecified atom stereocenters. The summed E-state index contributed by atoms with van der Waals surface area (Å²) >= 11 is 0. The maximum atomic E-state index is 13.8. The second kappa shape index (κ2) is 6.20. The Balaban J connectivity index is 2.00. The summed E-state index contributed by atoms with van der Waals surface area (Å²) in [6, 6.07) is 3.29. The van der Waals surface area contributed by atoms with Crippen LogP contribution in [0.4, 0.5) is 14.9 Å². The summed E-state index contributed by atoms with van der Waals surface area (Å²) in [5.74, 6) is -0.880. The number of nitrogens with two attached hydrogens (primary N) is 1. The maximum Gasteiger partial charge on any atom is 0.319 e. The average molecular weight is 282 g/mol. The van der Waals surface area contributed by atoms with Gasteiger partial charge in [-0.1, -0.05) is 5.16 Å². The number of amidine groups is 1. The Morgan fingerprint density at radius 2 is 2.35 bits per heavy atom. The zero-order valence-electron chi connectivity index (χ0n) is 10.6. The highest BCUT2D eigenvalue weighted by Crippen LogP contribution is 2.16. The molecule has 1 aromatic carbocycles. The first-order valence-corrected chi connectivity index (χ1v) is 6.03. The van der Waals surface area contributed by atoms with Gasteiger partial charge in [0, 0.05) is 12.2 Å². The summed E-state index contributed by atoms with van der Waals surface area (Å²) in [6.07, 6.45) is 0.734. The summed E-state index contributed by atoms with van der Waals surface area (Å²) in [5, 5.41) is 16.3. The first-order chi connectivity index (χ1) is 9.60. The monoisotopic (exact) mass is 282 g/mol. The predicted octanol–water partition coefficient (Wildman–Crippen LogP) is 0.831. The number of rotatable bonds is 3. The number of hydrogen-bond donors (Lipinski definition) is 4. The Morgan fingerprint density at radius 3 is 2.95 bits per heavy atom. The second-order valence-corrected chi connectivity index (χ2v) is 4.34. The summed E-state index contributed by atoms with van der Waals surface area (Å²) in [6.45, 7) is 1.06. The molecule has 0 bridgehead atoms. The molecule has 1 aliphatic rings. The van der Waals surface area contributed by atoms with Crippen molar-refractivity contribution >= 4 is 17.6 Å². The Hall–Kier alpha value is -2.35. The molecule has 1 aliphatic heterocycles. The molecule has 1 fully saturated rings. The number of halogens is 1. The van der Waals surface area contributed by atoms with E-state index in [-0.39, 0.29) is 23.1 Å². The van der Waals surface area contributed by atoms with Crippen molar-refractivity contribution in [1.29, 1.82) is 0 Å². The molecule has 7 nitrogen and oxygen atoms in total. The molecule has 0 radical (unpaired) electrons. The van der Waals surface area contributed by atoms with Gasteiger partial charge in [-0.15, -0.1) is 0 Å². The minimum Gasteiger partial charge on any atom is -0.409 e. The molecule has 8 heteroatoms. The minimum absolute atomic E-state index is 0.0101. The van der Waals surface area contributed by atoms with Crippen molar-refractivity contribution < 1.29 is 19.1 Å². The molecule has 0 saturated carbocycles. The number of ether oxygens (including phenoxy) is 1. The maximum absolute atomic E-state index is 13.8. The number of oxime groups is 1. The Bertz CT molecular complexity index is 529. The van der Waals surface area contributed by atoms with E-state index in [1.54, 1.807) is 0 Å². The molecular weight excluding hydrogens is 267 g/mol. The lowest BCUT2D eigenvalue weighted by Crippen LogP contribution is -2.38. The van der Waals surface area contributed by atoms with Crippen molar-refractivity contribution in [2.45, 2.75) is 12.5 Å². The number of anilines is 1. The van der Waals surface area contributed by atoms with Crippen LogP contribution >= 0.6 is 0 Å². The molecule has 1 saturated heterocycles. The molecule has 1 atom stereocenters. The molecule has 0 spiro atoms. The largest absolute Gasteiger partial charge is 0.409 e. The van der Waals surface area contributed by atoms with Gasteiger partial charge in [0.05, 0.1) is 18.3 Å². The van der Waals surface area contributed by atoms with E-state index in [1.165, 1.54) is 12.1 Å². The van der Waals surface area contributed by atoms with Gasteiger partial charge in [0.1, 0.15) is 5.82 Å². The third-order valence-electron chi connectivity index (χ3n) is 2.89.